The van der Waals surface area contributed by atoms with Gasteiger partial charge in [0.25, 0.3) is 7.82 Å². The summed E-state index contributed by atoms with van der Waals surface area (Å²) in [5.41, 5.74) is 0. The van der Waals surface area contributed by atoms with Gasteiger partial charge in [-0.15, -0.1) is 0 Å². The molecule has 0 aromatic heterocycles. The zero-order valence-corrected chi connectivity index (χ0v) is 58.5. The third-order valence-electron chi connectivity index (χ3n) is 15.5. The molecular weight excluding hydrogens is 1110 g/mol. The van der Waals surface area contributed by atoms with Crippen LogP contribution in [-0.2, 0) is 32.7 Å². The fraction of sp³-hybridized carbons (Fsp3) is 0.718. The van der Waals surface area contributed by atoms with E-state index in [1.807, 2.05) is 21.1 Å². The maximum atomic E-state index is 12.9. The summed E-state index contributed by atoms with van der Waals surface area (Å²) >= 11 is 0. The van der Waals surface area contributed by atoms with E-state index in [1.54, 1.807) is 0 Å². The van der Waals surface area contributed by atoms with E-state index >= 15 is 0 Å². The van der Waals surface area contributed by atoms with Gasteiger partial charge < -0.3 is 27.9 Å². The molecule has 0 rings (SSSR count). The number of ether oxygens (including phenoxy) is 2. The van der Waals surface area contributed by atoms with Crippen LogP contribution in [-0.4, -0.2) is 70.0 Å². The lowest BCUT2D eigenvalue weighted by Crippen LogP contribution is -2.37. The molecule has 0 radical (unpaired) electrons. The van der Waals surface area contributed by atoms with Gasteiger partial charge in [0.05, 0.1) is 27.7 Å². The summed E-state index contributed by atoms with van der Waals surface area (Å²) < 4.78 is 34.3. The first-order valence-electron chi connectivity index (χ1n) is 36.2. The minimum atomic E-state index is -4.65. The van der Waals surface area contributed by atoms with Crippen molar-refractivity contribution in [2.24, 2.45) is 0 Å². The van der Waals surface area contributed by atoms with Crippen LogP contribution in [0.1, 0.15) is 309 Å². The summed E-state index contributed by atoms with van der Waals surface area (Å²) in [6.07, 6.45) is 97.1. The number of likely N-dealkylation sites (N-methyl/N-ethyl adjacent to an activating group) is 1. The van der Waals surface area contributed by atoms with Crippen LogP contribution in [0, 0.1) is 0 Å². The first-order valence-corrected chi connectivity index (χ1v) is 37.7. The normalized spacial score (nSPS) is 13.8. The SMILES string of the molecule is CC/C=C\C/C=C\C/C=C\C/C=C\C/C=C\C/C=C\C/C=C\CCCCCCCCCCCCCC(=O)OC(COC(=O)CCCCCCCCCCCCCCCCCC/C=C\C/C=C\C/C=C\CCCCCCC)COP(=O)([O-])OCC[N+](C)(C)C. The van der Waals surface area contributed by atoms with E-state index in [1.165, 1.54) is 173 Å². The maximum absolute atomic E-state index is 12.9. The van der Waals surface area contributed by atoms with Gasteiger partial charge in [-0.2, -0.15) is 0 Å². The smallest absolute Gasteiger partial charge is 0.306 e. The number of allylic oxidation sites excluding steroid dienone is 20. The average molecular weight is 1250 g/mol. The van der Waals surface area contributed by atoms with Crippen LogP contribution < -0.4 is 4.89 Å². The van der Waals surface area contributed by atoms with Crippen molar-refractivity contribution >= 4 is 19.8 Å². The molecular formula is C78H136NO8P. The van der Waals surface area contributed by atoms with Crippen molar-refractivity contribution in [2.45, 2.75) is 315 Å². The minimum Gasteiger partial charge on any atom is -0.756 e. The zero-order chi connectivity index (χ0) is 64.1. The number of esters is 2. The van der Waals surface area contributed by atoms with E-state index < -0.39 is 26.5 Å². The molecule has 88 heavy (non-hydrogen) atoms. The second kappa shape index (κ2) is 67.8. The van der Waals surface area contributed by atoms with E-state index in [9.17, 15) is 19.0 Å². The van der Waals surface area contributed by atoms with Crippen molar-refractivity contribution in [2.75, 3.05) is 47.5 Å². The van der Waals surface area contributed by atoms with Gasteiger partial charge in [-0.1, -0.05) is 309 Å². The molecule has 0 bridgehead atoms. The molecule has 2 unspecified atom stereocenters. The number of carbonyl (C=O) groups is 2. The molecule has 10 heteroatoms. The van der Waals surface area contributed by atoms with Gasteiger partial charge in [0.2, 0.25) is 0 Å². The number of carbonyl (C=O) groups excluding carboxylic acids is 2. The molecule has 0 spiro atoms. The lowest BCUT2D eigenvalue weighted by Gasteiger charge is -2.28. The van der Waals surface area contributed by atoms with E-state index in [2.05, 4.69) is 135 Å². The quantitative estimate of drug-likeness (QED) is 0.0195. The fourth-order valence-corrected chi connectivity index (χ4v) is 10.7. The van der Waals surface area contributed by atoms with Crippen molar-refractivity contribution < 1.29 is 42.1 Å². The third kappa shape index (κ3) is 71.5. The first-order chi connectivity index (χ1) is 43.0. The van der Waals surface area contributed by atoms with Crippen LogP contribution in [0.3, 0.4) is 0 Å². The number of unbranched alkanes of at least 4 members (excludes halogenated alkanes) is 32. The van der Waals surface area contributed by atoms with Gasteiger partial charge in [-0.3, -0.25) is 14.2 Å². The van der Waals surface area contributed by atoms with Crippen LogP contribution in [0.15, 0.2) is 122 Å². The predicted molar refractivity (Wildman–Crippen MR) is 378 cm³/mol. The van der Waals surface area contributed by atoms with Crippen LogP contribution in [0.4, 0.5) is 0 Å². The molecule has 0 aliphatic rings. The summed E-state index contributed by atoms with van der Waals surface area (Å²) in [6.45, 7) is 4.13. The van der Waals surface area contributed by atoms with Gasteiger partial charge >= 0.3 is 11.9 Å². The number of hydrogen-bond acceptors (Lipinski definition) is 8. The van der Waals surface area contributed by atoms with E-state index in [0.29, 0.717) is 17.4 Å². The highest BCUT2D eigenvalue weighted by molar-refractivity contribution is 7.45. The standard InChI is InChI=1S/C78H136NO8P/c1-6-8-10-12-14-16-18-20-22-24-26-28-30-32-34-36-38-39-41-43-45-47-49-51-53-55-57-59-61-63-65-67-69-71-78(81)87-76(75-86-88(82,83)85-73-72-79(3,4)5)74-84-77(80)70-68-66-64-62-60-58-56-54-52-50-48-46-44-42-40-37-35-33-31-29-27-25-23-21-19-17-15-13-11-9-7-2/h8,10,14,16,19-22,25-28,31-34,38-39,43,45,76H,6-7,9,11-13,15,17-18,23-24,29-30,35-37,40-42,44,46-75H2,1-5H3/b10-8-,16-14-,21-19-,22-20-,27-25-,28-26-,33-31-,34-32-,39-38-,45-43-. The second-order valence-electron chi connectivity index (χ2n) is 25.2. The van der Waals surface area contributed by atoms with Gasteiger partial charge in [0.15, 0.2) is 6.10 Å². The molecule has 0 fully saturated rings. The highest BCUT2D eigenvalue weighted by atomic mass is 31.2. The second-order valence-corrected chi connectivity index (χ2v) is 26.6. The molecule has 0 aromatic rings. The summed E-state index contributed by atoms with van der Waals surface area (Å²) in [5.74, 6) is -0.833. The Hall–Kier alpha value is -3.59. The van der Waals surface area contributed by atoms with Crippen molar-refractivity contribution in [3.8, 4) is 0 Å². The van der Waals surface area contributed by atoms with E-state index in [-0.39, 0.29) is 32.0 Å². The van der Waals surface area contributed by atoms with Crippen LogP contribution in [0.2, 0.25) is 0 Å². The van der Waals surface area contributed by atoms with Crippen molar-refractivity contribution in [1.29, 1.82) is 0 Å². The molecule has 0 saturated heterocycles. The molecule has 0 aromatic carbocycles. The van der Waals surface area contributed by atoms with Gasteiger partial charge in [-0.25, -0.2) is 0 Å². The van der Waals surface area contributed by atoms with Crippen LogP contribution >= 0.6 is 7.82 Å². The van der Waals surface area contributed by atoms with Crippen LogP contribution in [0.5, 0.6) is 0 Å². The van der Waals surface area contributed by atoms with Crippen molar-refractivity contribution in [3.05, 3.63) is 122 Å². The maximum Gasteiger partial charge on any atom is 0.306 e. The van der Waals surface area contributed by atoms with Crippen molar-refractivity contribution in [3.63, 3.8) is 0 Å². The lowest BCUT2D eigenvalue weighted by molar-refractivity contribution is -0.870. The van der Waals surface area contributed by atoms with Gasteiger partial charge in [-0.05, 0) is 109 Å². The topological polar surface area (TPSA) is 111 Å². The molecule has 0 amide bonds. The number of hydrogen-bond donors (Lipinski definition) is 0. The number of nitrogens with zero attached hydrogens (tertiary/aromatic N) is 1. The van der Waals surface area contributed by atoms with E-state index in [0.717, 1.165) is 103 Å². The monoisotopic (exact) mass is 1250 g/mol. The number of quaternary nitrogens is 1. The number of phosphoric ester groups is 1. The summed E-state index contributed by atoms with van der Waals surface area (Å²) in [4.78, 5) is 38.1. The average Bonchev–Trinajstić information content (AvgIpc) is 3.56. The lowest BCUT2D eigenvalue weighted by atomic mass is 10.0. The molecule has 0 saturated carbocycles. The van der Waals surface area contributed by atoms with Gasteiger partial charge in [0, 0.05) is 12.8 Å². The summed E-state index contributed by atoms with van der Waals surface area (Å²) in [6, 6.07) is 0. The Bertz CT molecular complexity index is 1900. The molecule has 0 N–H and O–H groups in total. The first kappa shape index (κ1) is 84.4. The van der Waals surface area contributed by atoms with Crippen molar-refractivity contribution in [1.82, 2.24) is 0 Å². The Kier molecular flexibility index (Phi) is 65.0. The largest absolute Gasteiger partial charge is 0.756 e. The predicted octanol–water partition coefficient (Wildman–Crippen LogP) is 23.2. The highest BCUT2D eigenvalue weighted by Crippen LogP contribution is 2.38. The molecule has 0 aliphatic carbocycles. The van der Waals surface area contributed by atoms with Crippen LogP contribution in [0.25, 0.3) is 0 Å². The molecule has 9 nitrogen and oxygen atoms in total. The van der Waals surface area contributed by atoms with Gasteiger partial charge in [0.1, 0.15) is 19.8 Å². The molecule has 0 heterocycles. The highest BCUT2D eigenvalue weighted by Gasteiger charge is 2.22. The zero-order valence-electron chi connectivity index (χ0n) is 57.6. The number of phosphoric acid groups is 1. The fourth-order valence-electron chi connectivity index (χ4n) is 9.94. The Morgan fingerprint density at radius 2 is 0.648 bits per heavy atom. The Balaban J connectivity index is 4.06. The Morgan fingerprint density at radius 3 is 0.966 bits per heavy atom. The third-order valence-corrected chi connectivity index (χ3v) is 16.4. The van der Waals surface area contributed by atoms with E-state index in [4.69, 9.17) is 18.5 Å². The summed E-state index contributed by atoms with van der Waals surface area (Å²) in [5, 5.41) is 0. The Labute approximate surface area is 543 Å². The molecule has 506 valence electrons. The molecule has 0 aliphatic heterocycles. The Morgan fingerprint density at radius 1 is 0.364 bits per heavy atom. The number of rotatable bonds is 66. The molecule has 2 atom stereocenters. The summed E-state index contributed by atoms with van der Waals surface area (Å²) in [7, 11) is 1.16. The minimum absolute atomic E-state index is 0.0356.